The highest BCUT2D eigenvalue weighted by Crippen LogP contribution is 2.42. The van der Waals surface area contributed by atoms with Crippen LogP contribution in [0.25, 0.3) is 0 Å². The lowest BCUT2D eigenvalue weighted by molar-refractivity contribution is -0.139. The summed E-state index contributed by atoms with van der Waals surface area (Å²) in [5.74, 6) is -0.351. The van der Waals surface area contributed by atoms with Gasteiger partial charge in [-0.3, -0.25) is 4.79 Å². The highest BCUT2D eigenvalue weighted by atomic mass is 16.3. The van der Waals surface area contributed by atoms with Gasteiger partial charge in [0.2, 0.25) is 0 Å². The molecule has 2 unspecified atom stereocenters. The topological polar surface area (TPSA) is 60.8 Å². The minimum absolute atomic E-state index is 0.00465. The van der Waals surface area contributed by atoms with Crippen LogP contribution in [0, 0.1) is 0 Å². The van der Waals surface area contributed by atoms with Crippen molar-refractivity contribution in [2.24, 2.45) is 0 Å². The van der Waals surface area contributed by atoms with Crippen LogP contribution in [0.3, 0.4) is 0 Å². The van der Waals surface area contributed by atoms with E-state index in [0.717, 1.165) is 11.3 Å². The Kier molecular flexibility index (Phi) is 4.20. The third kappa shape index (κ3) is 2.87. The van der Waals surface area contributed by atoms with Crippen LogP contribution in [-0.4, -0.2) is 28.8 Å². The van der Waals surface area contributed by atoms with Crippen molar-refractivity contribution in [3.05, 3.63) is 65.7 Å². The van der Waals surface area contributed by atoms with Crippen LogP contribution in [-0.2, 0) is 16.8 Å². The number of anilines is 1. The molecular formula is C19H21NO3. The Labute approximate surface area is 136 Å². The Morgan fingerprint density at radius 2 is 1.74 bits per heavy atom. The van der Waals surface area contributed by atoms with Crippen molar-refractivity contribution in [3.63, 3.8) is 0 Å². The molecule has 120 valence electrons. The summed E-state index contributed by atoms with van der Waals surface area (Å²) < 4.78 is 0. The number of fused-ring (bicyclic) bond motifs is 1. The second kappa shape index (κ2) is 6.14. The van der Waals surface area contributed by atoms with Gasteiger partial charge in [-0.05, 0) is 25.0 Å². The first-order valence-corrected chi connectivity index (χ1v) is 7.88. The molecule has 4 heteroatoms. The molecule has 0 saturated heterocycles. The SMILES string of the molecule is CC(O)CC1(O)C(=O)N(CCc2ccccc2)c2ccccc21. The summed E-state index contributed by atoms with van der Waals surface area (Å²) in [7, 11) is 0. The molecule has 1 heterocycles. The largest absolute Gasteiger partial charge is 0.393 e. The summed E-state index contributed by atoms with van der Waals surface area (Å²) in [6, 6.07) is 17.2. The van der Waals surface area contributed by atoms with Crippen molar-refractivity contribution in [2.45, 2.75) is 31.5 Å². The minimum atomic E-state index is -1.64. The average Bonchev–Trinajstić information content (AvgIpc) is 2.75. The first-order valence-electron chi connectivity index (χ1n) is 7.88. The molecule has 3 rings (SSSR count). The number of carbonyl (C=O) groups excluding carboxylic acids is 1. The number of nitrogens with zero attached hydrogens (tertiary/aromatic N) is 1. The van der Waals surface area contributed by atoms with Gasteiger partial charge in [0.1, 0.15) is 0 Å². The van der Waals surface area contributed by atoms with Gasteiger partial charge in [-0.2, -0.15) is 0 Å². The van der Waals surface area contributed by atoms with Gasteiger partial charge in [-0.1, -0.05) is 48.5 Å². The molecule has 0 fully saturated rings. The molecule has 1 amide bonds. The fourth-order valence-electron chi connectivity index (χ4n) is 3.24. The van der Waals surface area contributed by atoms with Crippen LogP contribution in [0.5, 0.6) is 0 Å². The third-order valence-corrected chi connectivity index (χ3v) is 4.30. The normalized spacial score (nSPS) is 21.3. The predicted molar refractivity (Wildman–Crippen MR) is 89.1 cm³/mol. The molecular weight excluding hydrogens is 290 g/mol. The van der Waals surface area contributed by atoms with Gasteiger partial charge < -0.3 is 15.1 Å². The molecule has 2 aromatic carbocycles. The maximum absolute atomic E-state index is 12.8. The lowest BCUT2D eigenvalue weighted by atomic mass is 9.90. The zero-order chi connectivity index (χ0) is 16.4. The van der Waals surface area contributed by atoms with E-state index in [4.69, 9.17) is 0 Å². The van der Waals surface area contributed by atoms with Crippen LogP contribution in [0.1, 0.15) is 24.5 Å². The van der Waals surface area contributed by atoms with Gasteiger partial charge in [-0.15, -0.1) is 0 Å². The Bertz CT molecular complexity index is 699. The Morgan fingerprint density at radius 1 is 1.09 bits per heavy atom. The number of hydrogen-bond donors (Lipinski definition) is 2. The first kappa shape index (κ1) is 15.7. The zero-order valence-electron chi connectivity index (χ0n) is 13.1. The maximum atomic E-state index is 12.8. The second-order valence-corrected chi connectivity index (χ2v) is 6.12. The standard InChI is InChI=1S/C19H21NO3/c1-14(21)13-19(23)16-9-5-6-10-17(16)20(18(19)22)12-11-15-7-3-2-4-8-15/h2-10,14,21,23H,11-13H2,1H3. The van der Waals surface area contributed by atoms with Crippen molar-refractivity contribution in [3.8, 4) is 0 Å². The van der Waals surface area contributed by atoms with Crippen molar-refractivity contribution in [1.29, 1.82) is 0 Å². The van der Waals surface area contributed by atoms with E-state index in [1.807, 2.05) is 42.5 Å². The molecule has 0 radical (unpaired) electrons. The molecule has 1 aliphatic heterocycles. The van der Waals surface area contributed by atoms with Gasteiger partial charge in [0.15, 0.2) is 5.60 Å². The number of aliphatic hydroxyl groups is 2. The van der Waals surface area contributed by atoms with E-state index < -0.39 is 11.7 Å². The predicted octanol–water partition coefficient (Wildman–Crippen LogP) is 2.23. The zero-order valence-corrected chi connectivity index (χ0v) is 13.1. The summed E-state index contributed by atoms with van der Waals surface area (Å²) in [4.78, 5) is 14.4. The van der Waals surface area contributed by atoms with E-state index in [0.29, 0.717) is 18.5 Å². The fourth-order valence-corrected chi connectivity index (χ4v) is 3.24. The summed E-state index contributed by atoms with van der Waals surface area (Å²) in [5, 5.41) is 20.6. The molecule has 0 bridgehead atoms. The van der Waals surface area contributed by atoms with Crippen LogP contribution < -0.4 is 4.90 Å². The van der Waals surface area contributed by atoms with Crippen LogP contribution in [0.2, 0.25) is 0 Å². The van der Waals surface area contributed by atoms with E-state index in [-0.39, 0.29) is 12.3 Å². The number of carbonyl (C=O) groups is 1. The van der Waals surface area contributed by atoms with Crippen molar-refractivity contribution < 1.29 is 15.0 Å². The van der Waals surface area contributed by atoms with Crippen molar-refractivity contribution in [2.75, 3.05) is 11.4 Å². The third-order valence-electron chi connectivity index (χ3n) is 4.30. The lowest BCUT2D eigenvalue weighted by Gasteiger charge is -2.24. The van der Waals surface area contributed by atoms with Gasteiger partial charge in [-0.25, -0.2) is 0 Å². The maximum Gasteiger partial charge on any atom is 0.263 e. The van der Waals surface area contributed by atoms with Crippen LogP contribution in [0.15, 0.2) is 54.6 Å². The van der Waals surface area contributed by atoms with Crippen molar-refractivity contribution >= 4 is 11.6 Å². The number of rotatable bonds is 5. The first-order chi connectivity index (χ1) is 11.0. The summed E-state index contributed by atoms with van der Waals surface area (Å²) in [6.45, 7) is 2.09. The van der Waals surface area contributed by atoms with Crippen LogP contribution in [0.4, 0.5) is 5.69 Å². The van der Waals surface area contributed by atoms with Gasteiger partial charge >= 0.3 is 0 Å². The molecule has 23 heavy (non-hydrogen) atoms. The van der Waals surface area contributed by atoms with E-state index >= 15 is 0 Å². The summed E-state index contributed by atoms with van der Waals surface area (Å²) in [6.07, 6.45) is -0.0397. The number of hydrogen-bond acceptors (Lipinski definition) is 3. The van der Waals surface area contributed by atoms with Crippen LogP contribution >= 0.6 is 0 Å². The number of benzene rings is 2. The highest BCUT2D eigenvalue weighted by Gasteiger charge is 2.49. The average molecular weight is 311 g/mol. The smallest absolute Gasteiger partial charge is 0.263 e. The molecule has 4 nitrogen and oxygen atoms in total. The molecule has 2 atom stereocenters. The number of para-hydroxylation sites is 1. The Morgan fingerprint density at radius 3 is 2.43 bits per heavy atom. The second-order valence-electron chi connectivity index (χ2n) is 6.12. The quantitative estimate of drug-likeness (QED) is 0.890. The summed E-state index contributed by atoms with van der Waals surface area (Å²) >= 11 is 0. The van der Waals surface area contributed by atoms with Gasteiger partial charge in [0.05, 0.1) is 11.8 Å². The minimum Gasteiger partial charge on any atom is -0.393 e. The van der Waals surface area contributed by atoms with E-state index in [1.54, 1.807) is 24.0 Å². The number of amides is 1. The summed E-state index contributed by atoms with van der Waals surface area (Å²) in [5.41, 5.74) is 0.820. The van der Waals surface area contributed by atoms with Gasteiger partial charge in [0.25, 0.3) is 5.91 Å². The van der Waals surface area contributed by atoms with E-state index in [1.165, 1.54) is 0 Å². The molecule has 1 aliphatic rings. The Balaban J connectivity index is 1.88. The Hall–Kier alpha value is -2.17. The molecule has 0 aliphatic carbocycles. The molecule has 2 N–H and O–H groups in total. The molecule has 0 aromatic heterocycles. The van der Waals surface area contributed by atoms with Crippen molar-refractivity contribution in [1.82, 2.24) is 0 Å². The lowest BCUT2D eigenvalue weighted by Crippen LogP contribution is -2.42. The number of aliphatic hydroxyl groups excluding tert-OH is 1. The van der Waals surface area contributed by atoms with E-state index in [2.05, 4.69) is 0 Å². The molecule has 2 aromatic rings. The fraction of sp³-hybridized carbons (Fsp3) is 0.316. The molecule has 0 saturated carbocycles. The van der Waals surface area contributed by atoms with E-state index in [9.17, 15) is 15.0 Å². The molecule has 0 spiro atoms. The highest BCUT2D eigenvalue weighted by molar-refractivity contribution is 6.06. The monoisotopic (exact) mass is 311 g/mol. The van der Waals surface area contributed by atoms with Gasteiger partial charge in [0, 0.05) is 18.5 Å².